The zero-order valence-electron chi connectivity index (χ0n) is 26.0. The predicted molar refractivity (Wildman–Crippen MR) is 197 cm³/mol. The fraction of sp³-hybridized carbons (Fsp3) is 0.0222. The molecular weight excluding hydrogens is 601 g/mol. The molecule has 2 aliphatic rings. The van der Waals surface area contributed by atoms with Gasteiger partial charge in [0.25, 0.3) is 0 Å². The number of hydrogen-bond acceptors (Lipinski definition) is 3. The van der Waals surface area contributed by atoms with Crippen LogP contribution < -0.4 is 0 Å². The van der Waals surface area contributed by atoms with Gasteiger partial charge in [-0.1, -0.05) is 163 Å². The Kier molecular flexibility index (Phi) is 6.06. The van der Waals surface area contributed by atoms with Gasteiger partial charge in [-0.05, 0) is 62.7 Å². The van der Waals surface area contributed by atoms with Crippen molar-refractivity contribution in [2.45, 2.75) is 15.2 Å². The van der Waals surface area contributed by atoms with Crippen molar-refractivity contribution in [3.8, 4) is 44.9 Å². The summed E-state index contributed by atoms with van der Waals surface area (Å²) in [7, 11) is 0. The van der Waals surface area contributed by atoms with E-state index >= 15 is 0 Å². The third-order valence-corrected chi connectivity index (χ3v) is 11.1. The summed E-state index contributed by atoms with van der Waals surface area (Å²) in [5.41, 5.74) is 13.8. The number of hydrogen-bond donors (Lipinski definition) is 0. The summed E-state index contributed by atoms with van der Waals surface area (Å²) in [6.07, 6.45) is 0. The van der Waals surface area contributed by atoms with Gasteiger partial charge in [-0.25, -0.2) is 9.97 Å². The lowest BCUT2D eigenvalue weighted by Crippen LogP contribution is -2.31. The molecule has 2 heterocycles. The highest BCUT2D eigenvalue weighted by Gasteiger charge is 2.50. The third-order valence-electron chi connectivity index (χ3n) is 9.98. The predicted octanol–water partition coefficient (Wildman–Crippen LogP) is 11.5. The molecule has 0 saturated carbocycles. The van der Waals surface area contributed by atoms with Gasteiger partial charge in [0.15, 0.2) is 5.82 Å². The molecule has 0 amide bonds. The molecule has 0 unspecified atom stereocenters. The van der Waals surface area contributed by atoms with Crippen LogP contribution in [0.4, 0.5) is 0 Å². The Labute approximate surface area is 283 Å². The standard InChI is InChI=1S/C45H28N2S/c1-2-13-29(14-3-1)30-25-27-31(28-26-30)44-46-39-22-9-5-16-33(39)43(47-44)34-17-12-21-38-42(34)32-15-4-6-18-35(32)45(38)36-19-7-10-23-40(36)48-41-24-11-8-20-37(41)45/h1-28H. The third kappa shape index (κ3) is 3.89. The highest BCUT2D eigenvalue weighted by atomic mass is 32.2. The molecule has 2 nitrogen and oxygen atoms in total. The molecule has 7 aromatic carbocycles. The second-order valence-corrected chi connectivity index (χ2v) is 13.6. The summed E-state index contributed by atoms with van der Waals surface area (Å²) in [5.74, 6) is 0.728. The van der Waals surface area contributed by atoms with Gasteiger partial charge in [0.2, 0.25) is 0 Å². The van der Waals surface area contributed by atoms with E-state index in [0.29, 0.717) is 0 Å². The molecule has 0 atom stereocenters. The van der Waals surface area contributed by atoms with Gasteiger partial charge in [0.1, 0.15) is 0 Å². The fourth-order valence-electron chi connectivity index (χ4n) is 7.95. The highest BCUT2D eigenvalue weighted by molar-refractivity contribution is 7.99. The quantitative estimate of drug-likeness (QED) is 0.195. The topological polar surface area (TPSA) is 25.8 Å². The van der Waals surface area contributed by atoms with Gasteiger partial charge >= 0.3 is 0 Å². The van der Waals surface area contributed by atoms with E-state index in [-0.39, 0.29) is 0 Å². The lowest BCUT2D eigenvalue weighted by Gasteiger charge is -2.39. The van der Waals surface area contributed by atoms with Crippen molar-refractivity contribution in [3.05, 3.63) is 192 Å². The number of rotatable bonds is 3. The Hall–Kier alpha value is -5.77. The molecule has 0 saturated heterocycles. The Balaban J connectivity index is 1.24. The van der Waals surface area contributed by atoms with Gasteiger partial charge in [-0.2, -0.15) is 0 Å². The van der Waals surface area contributed by atoms with Crippen LogP contribution in [0.2, 0.25) is 0 Å². The van der Waals surface area contributed by atoms with Crippen LogP contribution in [-0.4, -0.2) is 9.97 Å². The van der Waals surface area contributed by atoms with E-state index in [1.54, 1.807) is 0 Å². The molecule has 1 aliphatic carbocycles. The number of benzene rings is 7. The van der Waals surface area contributed by atoms with Gasteiger partial charge in [-0.3, -0.25) is 0 Å². The first kappa shape index (κ1) is 27.4. The summed E-state index contributed by atoms with van der Waals surface area (Å²) in [6, 6.07) is 61.2. The number of nitrogens with zero attached hydrogens (tertiary/aromatic N) is 2. The van der Waals surface area contributed by atoms with Crippen molar-refractivity contribution in [1.29, 1.82) is 0 Å². The van der Waals surface area contributed by atoms with Gasteiger partial charge in [0.05, 0.1) is 16.6 Å². The summed E-state index contributed by atoms with van der Waals surface area (Å²) in [6.45, 7) is 0. The molecule has 0 bridgehead atoms. The molecule has 0 fully saturated rings. The van der Waals surface area contributed by atoms with Crippen LogP contribution in [0.3, 0.4) is 0 Å². The average Bonchev–Trinajstić information content (AvgIpc) is 3.46. The minimum atomic E-state index is -0.431. The highest BCUT2D eigenvalue weighted by Crippen LogP contribution is 2.63. The summed E-state index contributed by atoms with van der Waals surface area (Å²) in [4.78, 5) is 13.1. The maximum absolute atomic E-state index is 5.40. The van der Waals surface area contributed by atoms with Crippen LogP contribution in [-0.2, 0) is 5.41 Å². The van der Waals surface area contributed by atoms with Crippen LogP contribution in [0.25, 0.3) is 55.8 Å². The van der Waals surface area contributed by atoms with Crippen molar-refractivity contribution in [3.63, 3.8) is 0 Å². The van der Waals surface area contributed by atoms with Gasteiger partial charge in [0, 0.05) is 26.3 Å². The van der Waals surface area contributed by atoms with Crippen molar-refractivity contribution in [2.24, 2.45) is 0 Å². The first-order valence-electron chi connectivity index (χ1n) is 16.3. The summed E-state index contributed by atoms with van der Waals surface area (Å²) in [5, 5.41) is 1.05. The molecule has 1 aliphatic heterocycles. The Morgan fingerprint density at radius 2 is 0.958 bits per heavy atom. The SMILES string of the molecule is c1ccc(-c2ccc(-c3nc(-c4cccc5c4-c4ccccc4C54c5ccccc5Sc5ccccc54)c4ccccc4n3)cc2)cc1. The molecule has 10 rings (SSSR count). The smallest absolute Gasteiger partial charge is 0.160 e. The largest absolute Gasteiger partial charge is 0.228 e. The van der Waals surface area contributed by atoms with Crippen molar-refractivity contribution < 1.29 is 0 Å². The Morgan fingerprint density at radius 3 is 1.73 bits per heavy atom. The molecule has 0 N–H and O–H groups in total. The maximum Gasteiger partial charge on any atom is 0.160 e. The van der Waals surface area contributed by atoms with E-state index in [1.807, 2.05) is 17.8 Å². The zero-order valence-corrected chi connectivity index (χ0v) is 26.8. The zero-order chi connectivity index (χ0) is 31.7. The van der Waals surface area contributed by atoms with E-state index < -0.39 is 5.41 Å². The van der Waals surface area contributed by atoms with Crippen LogP contribution in [0.15, 0.2) is 180 Å². The van der Waals surface area contributed by atoms with Crippen LogP contribution in [0, 0.1) is 0 Å². The van der Waals surface area contributed by atoms with Crippen molar-refractivity contribution in [1.82, 2.24) is 9.97 Å². The van der Waals surface area contributed by atoms with Gasteiger partial charge in [-0.15, -0.1) is 0 Å². The summed E-state index contributed by atoms with van der Waals surface area (Å²) < 4.78 is 0. The van der Waals surface area contributed by atoms with Gasteiger partial charge < -0.3 is 0 Å². The first-order chi connectivity index (χ1) is 23.8. The average molecular weight is 629 g/mol. The lowest BCUT2D eigenvalue weighted by molar-refractivity contribution is 0.722. The minimum Gasteiger partial charge on any atom is -0.228 e. The second-order valence-electron chi connectivity index (χ2n) is 12.5. The number of para-hydroxylation sites is 1. The second kappa shape index (κ2) is 10.6. The monoisotopic (exact) mass is 628 g/mol. The lowest BCUT2D eigenvalue weighted by atomic mass is 9.67. The fourth-order valence-corrected chi connectivity index (χ4v) is 9.15. The Bertz CT molecular complexity index is 2490. The van der Waals surface area contributed by atoms with Crippen LogP contribution in [0.1, 0.15) is 22.3 Å². The molecule has 224 valence electrons. The minimum absolute atomic E-state index is 0.431. The number of fused-ring (bicyclic) bond motifs is 10. The van der Waals surface area contributed by atoms with E-state index in [0.717, 1.165) is 33.5 Å². The first-order valence-corrected chi connectivity index (χ1v) is 17.2. The molecular formula is C45H28N2S. The van der Waals surface area contributed by atoms with E-state index in [1.165, 1.54) is 54.3 Å². The Morgan fingerprint density at radius 1 is 0.396 bits per heavy atom. The van der Waals surface area contributed by atoms with E-state index in [4.69, 9.17) is 9.97 Å². The summed E-state index contributed by atoms with van der Waals surface area (Å²) >= 11 is 1.87. The molecule has 48 heavy (non-hydrogen) atoms. The molecule has 3 heteroatoms. The maximum atomic E-state index is 5.40. The van der Waals surface area contributed by atoms with Crippen LogP contribution in [0.5, 0.6) is 0 Å². The number of aromatic nitrogens is 2. The normalized spacial score (nSPS) is 13.5. The van der Waals surface area contributed by atoms with E-state index in [9.17, 15) is 0 Å². The van der Waals surface area contributed by atoms with Crippen molar-refractivity contribution in [2.75, 3.05) is 0 Å². The van der Waals surface area contributed by atoms with Crippen LogP contribution >= 0.6 is 11.8 Å². The van der Waals surface area contributed by atoms with E-state index in [2.05, 4.69) is 164 Å². The molecule has 1 aromatic heterocycles. The molecule has 8 aromatic rings. The molecule has 1 spiro atoms. The van der Waals surface area contributed by atoms with Crippen molar-refractivity contribution >= 4 is 22.7 Å². The molecule has 0 radical (unpaired) electrons.